The zero-order valence-corrected chi connectivity index (χ0v) is 17.1. The summed E-state index contributed by atoms with van der Waals surface area (Å²) in [5, 5.41) is 23.8. The van der Waals surface area contributed by atoms with Gasteiger partial charge in [-0.05, 0) is 49.9 Å². The van der Waals surface area contributed by atoms with Gasteiger partial charge in [0.25, 0.3) is 0 Å². The Morgan fingerprint density at radius 1 is 1.10 bits per heavy atom. The number of rotatable bonds is 4. The van der Waals surface area contributed by atoms with Crippen LogP contribution in [0.3, 0.4) is 0 Å². The molecule has 1 aromatic carbocycles. The predicted molar refractivity (Wildman–Crippen MR) is 109 cm³/mol. The first-order valence-electron chi connectivity index (χ1n) is 9.49. The highest BCUT2D eigenvalue weighted by atomic mass is 19.4. The summed E-state index contributed by atoms with van der Waals surface area (Å²) in [4.78, 5) is 0. The molecule has 4 rings (SSSR count). The number of alkyl halides is 3. The Bertz CT molecular complexity index is 1320. The minimum Gasteiger partial charge on any atom is -0.346 e. The normalized spacial score (nSPS) is 11.9. The molecular weight excluding hydrogens is 407 g/mol. The number of halogens is 3. The third-order valence-corrected chi connectivity index (χ3v) is 5.26. The van der Waals surface area contributed by atoms with Crippen LogP contribution in [0.4, 0.5) is 13.2 Å². The lowest BCUT2D eigenvalue weighted by atomic mass is 10.1. The average molecular weight is 427 g/mol. The molecule has 7 nitrogen and oxygen atoms in total. The Labute approximate surface area is 175 Å². The maximum absolute atomic E-state index is 12.7. The van der Waals surface area contributed by atoms with Crippen LogP contribution < -0.4 is 10.8 Å². The van der Waals surface area contributed by atoms with E-state index in [1.165, 1.54) is 34.3 Å². The summed E-state index contributed by atoms with van der Waals surface area (Å²) in [7, 11) is 3.90. The molecule has 3 heterocycles. The van der Waals surface area contributed by atoms with Crippen LogP contribution in [0.15, 0.2) is 42.6 Å². The van der Waals surface area contributed by atoms with Gasteiger partial charge in [-0.2, -0.15) is 18.3 Å². The number of hydrogen-bond donors (Lipinski definition) is 2. The number of fused-ring (bicyclic) bond motifs is 1. The van der Waals surface area contributed by atoms with Crippen molar-refractivity contribution in [1.82, 2.24) is 29.9 Å². The van der Waals surface area contributed by atoms with E-state index in [2.05, 4.69) is 32.1 Å². The Hall–Kier alpha value is -3.53. The highest BCUT2D eigenvalue weighted by molar-refractivity contribution is 5.87. The average Bonchev–Trinajstić information content (AvgIpc) is 2.98. The molecule has 0 spiro atoms. The van der Waals surface area contributed by atoms with Crippen molar-refractivity contribution in [1.29, 1.82) is 5.41 Å². The third-order valence-electron chi connectivity index (χ3n) is 5.26. The zero-order chi connectivity index (χ0) is 22.3. The first kappa shape index (κ1) is 20.7. The molecular formula is C21H20F3N7. The fourth-order valence-electron chi connectivity index (χ4n) is 3.63. The lowest BCUT2D eigenvalue weighted by Gasteiger charge is -2.09. The van der Waals surface area contributed by atoms with Crippen molar-refractivity contribution in [3.63, 3.8) is 0 Å². The Balaban J connectivity index is 1.72. The topological polar surface area (TPSA) is 84.4 Å². The lowest BCUT2D eigenvalue weighted by molar-refractivity contribution is -0.141. The second-order valence-electron chi connectivity index (χ2n) is 7.21. The Kier molecular flexibility index (Phi) is 5.10. The summed E-state index contributed by atoms with van der Waals surface area (Å²) < 4.78 is 41.6. The number of hydrogen-bond acceptors (Lipinski definition) is 5. The van der Waals surface area contributed by atoms with Crippen LogP contribution in [0.5, 0.6) is 0 Å². The molecule has 0 unspecified atom stereocenters. The van der Waals surface area contributed by atoms with Crippen LogP contribution >= 0.6 is 0 Å². The van der Waals surface area contributed by atoms with E-state index in [1.807, 2.05) is 32.3 Å². The quantitative estimate of drug-likeness (QED) is 0.523. The van der Waals surface area contributed by atoms with Crippen LogP contribution in [-0.2, 0) is 19.8 Å². The molecule has 0 fully saturated rings. The van der Waals surface area contributed by atoms with E-state index in [0.717, 1.165) is 23.5 Å². The van der Waals surface area contributed by atoms with Crippen LogP contribution in [0, 0.1) is 12.3 Å². The van der Waals surface area contributed by atoms with Gasteiger partial charge in [-0.15, -0.1) is 10.2 Å². The van der Waals surface area contributed by atoms with E-state index in [4.69, 9.17) is 5.41 Å². The van der Waals surface area contributed by atoms with Crippen molar-refractivity contribution in [3.05, 3.63) is 65.0 Å². The molecule has 3 aromatic heterocycles. The molecule has 4 aromatic rings. The molecule has 0 atom stereocenters. The van der Waals surface area contributed by atoms with Gasteiger partial charge in [0.15, 0.2) is 5.69 Å². The maximum Gasteiger partial charge on any atom is 0.435 e. The van der Waals surface area contributed by atoms with E-state index >= 15 is 0 Å². The van der Waals surface area contributed by atoms with Gasteiger partial charge in [0.2, 0.25) is 0 Å². The number of nitrogens with one attached hydrogen (secondary N) is 2. The molecule has 0 bridgehead atoms. The first-order valence-corrected chi connectivity index (χ1v) is 9.49. The molecule has 0 saturated carbocycles. The van der Waals surface area contributed by atoms with Crippen molar-refractivity contribution in [3.8, 4) is 16.9 Å². The number of aromatic nitrogens is 5. The van der Waals surface area contributed by atoms with Gasteiger partial charge in [0, 0.05) is 30.2 Å². The highest BCUT2D eigenvalue weighted by Crippen LogP contribution is 2.28. The van der Waals surface area contributed by atoms with E-state index in [-0.39, 0.29) is 11.2 Å². The van der Waals surface area contributed by atoms with E-state index in [1.54, 1.807) is 0 Å². The van der Waals surface area contributed by atoms with Gasteiger partial charge in [0.1, 0.15) is 5.49 Å². The van der Waals surface area contributed by atoms with Gasteiger partial charge in [0.05, 0.1) is 23.1 Å². The first-order chi connectivity index (χ1) is 14.7. The Morgan fingerprint density at radius 3 is 2.48 bits per heavy atom. The van der Waals surface area contributed by atoms with Gasteiger partial charge >= 0.3 is 6.18 Å². The van der Waals surface area contributed by atoms with Crippen LogP contribution in [0.1, 0.15) is 17.0 Å². The molecule has 31 heavy (non-hydrogen) atoms. The molecule has 0 aliphatic heterocycles. The van der Waals surface area contributed by atoms with Crippen LogP contribution in [0.2, 0.25) is 0 Å². The van der Waals surface area contributed by atoms with Crippen molar-refractivity contribution >= 4 is 10.9 Å². The van der Waals surface area contributed by atoms with Crippen molar-refractivity contribution in [2.75, 3.05) is 7.05 Å². The minimum atomic E-state index is -4.55. The van der Waals surface area contributed by atoms with E-state index in [0.29, 0.717) is 11.3 Å². The third kappa shape index (κ3) is 3.70. The fourth-order valence-corrected chi connectivity index (χ4v) is 3.63. The zero-order valence-electron chi connectivity index (χ0n) is 17.1. The highest BCUT2D eigenvalue weighted by Gasteiger charge is 2.32. The molecule has 0 aliphatic carbocycles. The molecule has 10 heteroatoms. The largest absolute Gasteiger partial charge is 0.435 e. The summed E-state index contributed by atoms with van der Waals surface area (Å²) in [6.07, 6.45) is -3.09. The van der Waals surface area contributed by atoms with E-state index < -0.39 is 11.9 Å². The summed E-state index contributed by atoms with van der Waals surface area (Å²) >= 11 is 0. The lowest BCUT2D eigenvalue weighted by Crippen LogP contribution is -2.20. The predicted octanol–water partition coefficient (Wildman–Crippen LogP) is 3.35. The van der Waals surface area contributed by atoms with Crippen LogP contribution in [-0.4, -0.2) is 31.6 Å². The smallest absolute Gasteiger partial charge is 0.346 e. The summed E-state index contributed by atoms with van der Waals surface area (Å²) in [6, 6.07) is 9.44. The minimum absolute atomic E-state index is 0.0694. The number of aryl methyl sites for hydroxylation is 2. The monoisotopic (exact) mass is 427 g/mol. The molecule has 0 amide bonds. The Morgan fingerprint density at radius 2 is 1.87 bits per heavy atom. The second kappa shape index (κ2) is 7.62. The summed E-state index contributed by atoms with van der Waals surface area (Å²) in [5.74, 6) is 0. The summed E-state index contributed by atoms with van der Waals surface area (Å²) in [5.41, 5.74) is 3.73. The van der Waals surface area contributed by atoms with Gasteiger partial charge in [-0.1, -0.05) is 6.07 Å². The molecule has 0 radical (unpaired) electrons. The van der Waals surface area contributed by atoms with Gasteiger partial charge < -0.3 is 9.88 Å². The molecule has 160 valence electrons. The van der Waals surface area contributed by atoms with Crippen LogP contribution in [0.25, 0.3) is 27.8 Å². The second-order valence-corrected chi connectivity index (χ2v) is 7.21. The van der Waals surface area contributed by atoms with Crippen molar-refractivity contribution in [2.24, 2.45) is 7.05 Å². The standard InChI is InChI=1S/C21H20F3N7/c1-12-15-5-4-14(9-17(15)30(3)18(12)11-26-2)31-20(25)8-13(10-27-31)16-6-7-19(29-28-16)21(22,23)24/h4-10,25-26H,11H2,1-3H3. The fraction of sp³-hybridized carbons (Fsp3) is 0.238. The number of benzene rings is 1. The molecule has 0 aliphatic rings. The maximum atomic E-state index is 12.7. The van der Waals surface area contributed by atoms with Crippen molar-refractivity contribution in [2.45, 2.75) is 19.6 Å². The van der Waals surface area contributed by atoms with Gasteiger partial charge in [-0.25, -0.2) is 4.68 Å². The van der Waals surface area contributed by atoms with Crippen molar-refractivity contribution < 1.29 is 13.2 Å². The summed E-state index contributed by atoms with van der Waals surface area (Å²) in [6.45, 7) is 2.82. The number of nitrogens with zero attached hydrogens (tertiary/aromatic N) is 5. The van der Waals surface area contributed by atoms with Gasteiger partial charge in [-0.3, -0.25) is 5.41 Å². The molecule has 2 N–H and O–H groups in total. The van der Waals surface area contributed by atoms with E-state index in [9.17, 15) is 13.2 Å². The SMILES string of the molecule is CNCc1c(C)c2ccc(-n3ncc(-c4ccc(C(F)(F)F)nn4)cc3=N)cc2n1C. The molecule has 0 saturated heterocycles.